The fourth-order valence-electron chi connectivity index (χ4n) is 1.92. The van der Waals surface area contributed by atoms with Crippen molar-refractivity contribution in [1.29, 1.82) is 0 Å². The van der Waals surface area contributed by atoms with E-state index in [0.29, 0.717) is 21.9 Å². The van der Waals surface area contributed by atoms with E-state index in [1.165, 1.54) is 24.5 Å². The number of aromatic nitrogens is 1. The molecule has 0 spiro atoms. The zero-order chi connectivity index (χ0) is 16.3. The predicted molar refractivity (Wildman–Crippen MR) is 80.7 cm³/mol. The van der Waals surface area contributed by atoms with Gasteiger partial charge in [0.15, 0.2) is 5.13 Å². The number of nitrogens with zero attached hydrogens (tertiary/aromatic N) is 1. The van der Waals surface area contributed by atoms with Crippen molar-refractivity contribution in [2.45, 2.75) is 13.0 Å². The van der Waals surface area contributed by atoms with Gasteiger partial charge in [0.25, 0.3) is 0 Å². The van der Waals surface area contributed by atoms with E-state index in [1.54, 1.807) is 25.1 Å². The van der Waals surface area contributed by atoms with Crippen molar-refractivity contribution in [2.75, 3.05) is 12.8 Å². The van der Waals surface area contributed by atoms with Crippen molar-refractivity contribution in [3.05, 3.63) is 35.5 Å². The van der Waals surface area contributed by atoms with Crippen LogP contribution >= 0.6 is 11.3 Å². The molecular formula is C14H14N3NaO4S. The number of ether oxygens (including phenoxy) is 1. The number of thiazole rings is 1. The summed E-state index contributed by atoms with van der Waals surface area (Å²) in [5.41, 5.74) is 7.16. The Morgan fingerprint density at radius 1 is 1.48 bits per heavy atom. The van der Waals surface area contributed by atoms with Gasteiger partial charge in [-0.15, -0.1) is 0 Å². The molecule has 0 unspecified atom stereocenters. The summed E-state index contributed by atoms with van der Waals surface area (Å²) in [5, 5.41) is 14.5. The van der Waals surface area contributed by atoms with Crippen molar-refractivity contribution in [3.63, 3.8) is 0 Å². The van der Waals surface area contributed by atoms with Crippen LogP contribution in [0, 0.1) is 0 Å². The predicted octanol–water partition coefficient (Wildman–Crippen LogP) is -2.66. The van der Waals surface area contributed by atoms with Crippen molar-refractivity contribution in [1.82, 2.24) is 10.3 Å². The Balaban J connectivity index is 0.00000264. The monoisotopic (exact) mass is 343 g/mol. The van der Waals surface area contributed by atoms with Gasteiger partial charge in [-0.1, -0.05) is 17.4 Å². The third-order valence-electron chi connectivity index (χ3n) is 2.91. The summed E-state index contributed by atoms with van der Waals surface area (Å²) in [7, 11) is 1.24. The Morgan fingerprint density at radius 2 is 2.17 bits per heavy atom. The molecule has 0 radical (unpaired) electrons. The molecule has 2 rings (SSSR count). The molecule has 0 saturated heterocycles. The molecule has 116 valence electrons. The topological polar surface area (TPSA) is 117 Å². The van der Waals surface area contributed by atoms with Crippen molar-refractivity contribution in [2.24, 2.45) is 0 Å². The number of carbonyl (C=O) groups is 2. The number of carboxylic acids is 1. The number of anilines is 1. The summed E-state index contributed by atoms with van der Waals surface area (Å²) in [6, 6.07) is 3.89. The fourth-order valence-corrected chi connectivity index (χ4v) is 2.70. The van der Waals surface area contributed by atoms with Crippen molar-refractivity contribution >= 4 is 38.6 Å². The van der Waals surface area contributed by atoms with E-state index in [4.69, 9.17) is 5.73 Å². The number of nitrogen functional groups attached to an aromatic ring is 1. The van der Waals surface area contributed by atoms with E-state index in [1.807, 2.05) is 0 Å². The summed E-state index contributed by atoms with van der Waals surface area (Å²) >= 11 is 1.27. The van der Waals surface area contributed by atoms with Gasteiger partial charge >= 0.3 is 35.5 Å². The number of allylic oxidation sites excluding steroid dienone is 1. The molecule has 2 aromatic rings. The minimum Gasteiger partial charge on any atom is -0.548 e. The molecule has 9 heteroatoms. The Hall–Kier alpha value is -1.61. The zero-order valence-corrected chi connectivity index (χ0v) is 15.8. The zero-order valence-electron chi connectivity index (χ0n) is 13.0. The molecule has 1 heterocycles. The smallest absolute Gasteiger partial charge is 0.548 e. The third kappa shape index (κ3) is 4.93. The molecule has 0 aliphatic rings. The van der Waals surface area contributed by atoms with Gasteiger partial charge < -0.3 is 25.7 Å². The van der Waals surface area contributed by atoms with Gasteiger partial charge in [0.2, 0.25) is 0 Å². The molecule has 0 aliphatic heterocycles. The summed E-state index contributed by atoms with van der Waals surface area (Å²) < 4.78 is 5.27. The van der Waals surface area contributed by atoms with Crippen LogP contribution in [0.3, 0.4) is 0 Å². The first-order valence-corrected chi connectivity index (χ1v) is 7.12. The average Bonchev–Trinajstić information content (AvgIpc) is 2.83. The molecule has 1 aromatic heterocycles. The molecular weight excluding hydrogens is 329 g/mol. The van der Waals surface area contributed by atoms with Gasteiger partial charge in [-0.05, 0) is 24.6 Å². The first-order valence-electron chi connectivity index (χ1n) is 6.30. The number of esters is 1. The van der Waals surface area contributed by atoms with Crippen LogP contribution in [-0.4, -0.2) is 24.0 Å². The maximum absolute atomic E-state index is 11.4. The summed E-state index contributed by atoms with van der Waals surface area (Å²) in [6.07, 6.45) is 1.17. The minimum atomic E-state index is -1.31. The van der Waals surface area contributed by atoms with Crippen molar-refractivity contribution < 1.29 is 49.0 Å². The maximum Gasteiger partial charge on any atom is 1.00 e. The number of rotatable bonds is 5. The number of carbonyl (C=O) groups excluding carboxylic acids is 2. The van der Waals surface area contributed by atoms with Crippen LogP contribution in [0.25, 0.3) is 10.2 Å². The van der Waals surface area contributed by atoms with Gasteiger partial charge in [-0.2, -0.15) is 0 Å². The van der Waals surface area contributed by atoms with Crippen LogP contribution in [0.5, 0.6) is 0 Å². The second-order valence-corrected chi connectivity index (χ2v) is 5.59. The average molecular weight is 343 g/mol. The number of fused-ring (bicyclic) bond motifs is 1. The van der Waals surface area contributed by atoms with Gasteiger partial charge in [-0.25, -0.2) is 9.78 Å². The molecule has 0 amide bonds. The number of methoxy groups -OCH3 is 1. The summed E-state index contributed by atoms with van der Waals surface area (Å²) in [5.74, 6) is -1.89. The molecule has 7 nitrogen and oxygen atoms in total. The van der Waals surface area contributed by atoms with E-state index >= 15 is 0 Å². The maximum atomic E-state index is 11.4. The molecule has 3 N–H and O–H groups in total. The summed E-state index contributed by atoms with van der Waals surface area (Å²) in [6.45, 7) is 1.57. The normalized spacial score (nSPS) is 12.3. The molecule has 0 bridgehead atoms. The van der Waals surface area contributed by atoms with E-state index < -0.39 is 18.0 Å². The number of carboxylic acid groups (broad SMARTS) is 1. The van der Waals surface area contributed by atoms with E-state index in [-0.39, 0.29) is 29.6 Å². The van der Waals surface area contributed by atoms with Gasteiger partial charge in [0.05, 0.1) is 29.3 Å². The first kappa shape index (κ1) is 19.4. The molecule has 0 aliphatic carbocycles. The number of nitrogens with two attached hydrogens (primary N) is 1. The second-order valence-electron chi connectivity index (χ2n) is 4.53. The number of nitrogens with one attached hydrogen (secondary N) is 1. The van der Waals surface area contributed by atoms with Crippen LogP contribution in [0.15, 0.2) is 30.0 Å². The van der Waals surface area contributed by atoms with Crippen LogP contribution in [-0.2, 0) is 14.3 Å². The van der Waals surface area contributed by atoms with Crippen LogP contribution in [0.4, 0.5) is 5.13 Å². The van der Waals surface area contributed by atoms with Crippen LogP contribution < -0.4 is 45.7 Å². The quantitative estimate of drug-likeness (QED) is 0.346. The SMILES string of the molecule is COC(=O)C=C(C)N[C@@H](C(=O)[O-])c1ccc2nc(N)sc2c1.[Na+]. The van der Waals surface area contributed by atoms with Crippen LogP contribution in [0.2, 0.25) is 0 Å². The molecule has 1 atom stereocenters. The molecule has 0 saturated carbocycles. The van der Waals surface area contributed by atoms with Gasteiger partial charge in [0, 0.05) is 11.8 Å². The van der Waals surface area contributed by atoms with E-state index in [0.717, 1.165) is 4.70 Å². The Morgan fingerprint density at radius 3 is 2.78 bits per heavy atom. The molecule has 1 aromatic carbocycles. The number of aliphatic carboxylic acids is 1. The van der Waals surface area contributed by atoms with Gasteiger partial charge in [-0.3, -0.25) is 0 Å². The molecule has 0 fully saturated rings. The number of benzene rings is 1. The van der Waals surface area contributed by atoms with Gasteiger partial charge in [0.1, 0.15) is 0 Å². The fraction of sp³-hybridized carbons (Fsp3) is 0.214. The number of hydrogen-bond acceptors (Lipinski definition) is 8. The number of hydrogen-bond donors (Lipinski definition) is 2. The standard InChI is InChI=1S/C14H15N3O4S.Na/c1-7(5-11(18)21-2)16-12(13(19)20)8-3-4-9-10(6-8)22-14(15)17-9;/h3-6,12,16H,1-2H3,(H2,15,17)(H,19,20);/q;+1/p-1/t12-;/m1./s1. The second kappa shape index (κ2) is 8.30. The van der Waals surface area contributed by atoms with E-state index in [2.05, 4.69) is 15.0 Å². The van der Waals surface area contributed by atoms with Crippen molar-refractivity contribution in [3.8, 4) is 0 Å². The van der Waals surface area contributed by atoms with Crippen LogP contribution in [0.1, 0.15) is 18.5 Å². The Labute approximate surface area is 158 Å². The Kier molecular flexibility index (Phi) is 7.01. The molecule has 23 heavy (non-hydrogen) atoms. The first-order chi connectivity index (χ1) is 10.4. The van der Waals surface area contributed by atoms with E-state index in [9.17, 15) is 14.7 Å². The Bertz CT molecular complexity index is 760. The summed E-state index contributed by atoms with van der Waals surface area (Å²) in [4.78, 5) is 26.7. The third-order valence-corrected chi connectivity index (χ3v) is 3.75. The minimum absolute atomic E-state index is 0. The largest absolute Gasteiger partial charge is 1.00 e.